The molecule has 0 spiro atoms. The van der Waals surface area contributed by atoms with E-state index in [9.17, 15) is 4.79 Å². The van der Waals surface area contributed by atoms with E-state index < -0.39 is 0 Å². The van der Waals surface area contributed by atoms with Crippen LogP contribution in [0.2, 0.25) is 0 Å². The van der Waals surface area contributed by atoms with Crippen LogP contribution in [-0.4, -0.2) is 17.9 Å². The lowest BCUT2D eigenvalue weighted by atomic mass is 10.0. The molecule has 0 saturated heterocycles. The molecule has 2 aromatic rings. The first-order valence-electron chi connectivity index (χ1n) is 6.37. The van der Waals surface area contributed by atoms with Crippen LogP contribution in [0.3, 0.4) is 0 Å². The largest absolute Gasteiger partial charge is 0.481 e. The topological polar surface area (TPSA) is 39.2 Å². The van der Waals surface area contributed by atoms with Gasteiger partial charge in [-0.1, -0.05) is 44.2 Å². The number of pyridine rings is 1. The van der Waals surface area contributed by atoms with Crippen molar-refractivity contribution in [3.05, 3.63) is 59.8 Å². The van der Waals surface area contributed by atoms with E-state index in [0.717, 1.165) is 5.56 Å². The van der Waals surface area contributed by atoms with E-state index in [2.05, 4.69) is 4.98 Å². The summed E-state index contributed by atoms with van der Waals surface area (Å²) in [6, 6.07) is 13.1. The maximum absolute atomic E-state index is 11.9. The number of carbonyl (C=O) groups excluding carboxylic acids is 1. The molecule has 0 radical (unpaired) electrons. The third-order valence-electron chi connectivity index (χ3n) is 2.47. The minimum atomic E-state index is 0.0614. The molecule has 0 amide bonds. The fourth-order valence-electron chi connectivity index (χ4n) is 1.55. The molecular weight excluding hydrogens is 238 g/mol. The van der Waals surface area contributed by atoms with Gasteiger partial charge in [-0.3, -0.25) is 4.79 Å². The average molecular weight is 257 g/mol. The van der Waals surface area contributed by atoms with Gasteiger partial charge in [0.1, 0.15) is 0 Å². The van der Waals surface area contributed by atoms with Crippen LogP contribution in [0.25, 0.3) is 0 Å². The van der Waals surface area contributed by atoms with Gasteiger partial charge in [0.05, 0.1) is 7.11 Å². The van der Waals surface area contributed by atoms with Gasteiger partial charge >= 0.3 is 0 Å². The molecule has 19 heavy (non-hydrogen) atoms. The smallest absolute Gasteiger partial charge is 0.212 e. The molecule has 0 unspecified atom stereocenters. The molecule has 3 heteroatoms. The van der Waals surface area contributed by atoms with E-state index in [1.165, 1.54) is 0 Å². The second-order valence-electron chi connectivity index (χ2n) is 3.67. The molecule has 0 aliphatic heterocycles. The van der Waals surface area contributed by atoms with Crippen molar-refractivity contribution in [3.8, 4) is 5.88 Å². The van der Waals surface area contributed by atoms with Gasteiger partial charge in [0.25, 0.3) is 0 Å². The first-order valence-corrected chi connectivity index (χ1v) is 6.37. The number of nitrogens with zero attached hydrogens (tertiary/aromatic N) is 1. The van der Waals surface area contributed by atoms with Crippen LogP contribution in [0, 0.1) is 0 Å². The number of hydrogen-bond acceptors (Lipinski definition) is 3. The van der Waals surface area contributed by atoms with E-state index in [0.29, 0.717) is 17.9 Å². The maximum atomic E-state index is 11.9. The van der Waals surface area contributed by atoms with Crippen LogP contribution in [-0.2, 0) is 6.42 Å². The number of carbonyl (C=O) groups is 1. The first kappa shape index (κ1) is 14.9. The van der Waals surface area contributed by atoms with Gasteiger partial charge in [0.2, 0.25) is 5.88 Å². The minimum absolute atomic E-state index is 0.0614. The monoisotopic (exact) mass is 257 g/mol. The van der Waals surface area contributed by atoms with Crippen molar-refractivity contribution in [2.75, 3.05) is 7.11 Å². The molecule has 2 rings (SSSR count). The van der Waals surface area contributed by atoms with Gasteiger partial charge < -0.3 is 4.74 Å². The molecule has 0 aliphatic rings. The second kappa shape index (κ2) is 8.03. The lowest BCUT2D eigenvalue weighted by molar-refractivity contribution is 0.0992. The zero-order valence-electron chi connectivity index (χ0n) is 11.6. The Hall–Kier alpha value is -2.16. The van der Waals surface area contributed by atoms with Crippen LogP contribution in [0.15, 0.2) is 48.7 Å². The molecule has 0 bridgehead atoms. The Balaban J connectivity index is 0.000000861. The summed E-state index contributed by atoms with van der Waals surface area (Å²) in [6.07, 6.45) is 1.94. The molecule has 1 aromatic carbocycles. The quantitative estimate of drug-likeness (QED) is 0.786. The summed E-state index contributed by atoms with van der Waals surface area (Å²) in [7, 11) is 1.55. The Morgan fingerprint density at radius 3 is 2.32 bits per heavy atom. The average Bonchev–Trinajstić information content (AvgIpc) is 2.50. The fourth-order valence-corrected chi connectivity index (χ4v) is 1.55. The van der Waals surface area contributed by atoms with Gasteiger partial charge in [-0.05, 0) is 11.6 Å². The summed E-state index contributed by atoms with van der Waals surface area (Å²) >= 11 is 0. The van der Waals surface area contributed by atoms with Gasteiger partial charge in [0, 0.05) is 24.2 Å². The number of hydrogen-bond donors (Lipinski definition) is 0. The van der Waals surface area contributed by atoms with E-state index in [1.54, 1.807) is 25.4 Å². The molecule has 3 nitrogen and oxygen atoms in total. The molecule has 0 N–H and O–H groups in total. The Labute approximate surface area is 114 Å². The predicted molar refractivity (Wildman–Crippen MR) is 76.6 cm³/mol. The van der Waals surface area contributed by atoms with Crippen molar-refractivity contribution in [1.29, 1.82) is 0 Å². The molecule has 100 valence electrons. The summed E-state index contributed by atoms with van der Waals surface area (Å²) < 4.78 is 4.94. The highest BCUT2D eigenvalue weighted by atomic mass is 16.5. The van der Waals surface area contributed by atoms with E-state index in [1.807, 2.05) is 44.2 Å². The van der Waals surface area contributed by atoms with Crippen molar-refractivity contribution < 1.29 is 9.53 Å². The van der Waals surface area contributed by atoms with Crippen LogP contribution in [0.5, 0.6) is 5.88 Å². The van der Waals surface area contributed by atoms with Crippen molar-refractivity contribution in [2.45, 2.75) is 20.3 Å². The first-order chi connectivity index (χ1) is 9.29. The molecule has 1 aromatic heterocycles. The fraction of sp³-hybridized carbons (Fsp3) is 0.250. The van der Waals surface area contributed by atoms with Gasteiger partial charge in [-0.2, -0.15) is 0 Å². The Kier molecular flexibility index (Phi) is 6.30. The number of benzene rings is 1. The summed E-state index contributed by atoms with van der Waals surface area (Å²) in [5.41, 5.74) is 1.61. The van der Waals surface area contributed by atoms with E-state index in [-0.39, 0.29) is 5.78 Å². The molecule has 1 heterocycles. The molecule has 0 atom stereocenters. The number of aromatic nitrogens is 1. The molecule has 0 aliphatic carbocycles. The molecule has 0 fully saturated rings. The summed E-state index contributed by atoms with van der Waals surface area (Å²) in [5.74, 6) is 0.576. The highest BCUT2D eigenvalue weighted by Gasteiger charge is 2.07. The zero-order valence-corrected chi connectivity index (χ0v) is 11.6. The second-order valence-corrected chi connectivity index (χ2v) is 3.67. The van der Waals surface area contributed by atoms with Crippen molar-refractivity contribution in [3.63, 3.8) is 0 Å². The normalized spacial score (nSPS) is 9.21. The number of rotatable bonds is 4. The summed E-state index contributed by atoms with van der Waals surface area (Å²) in [6.45, 7) is 4.00. The van der Waals surface area contributed by atoms with Crippen LogP contribution >= 0.6 is 0 Å². The SMILES string of the molecule is CC.COc1ccc(C(=O)Cc2ccccc2)cn1. The maximum Gasteiger partial charge on any atom is 0.212 e. The number of methoxy groups -OCH3 is 1. The van der Waals surface area contributed by atoms with Crippen LogP contribution in [0.4, 0.5) is 0 Å². The highest BCUT2D eigenvalue weighted by molar-refractivity contribution is 5.97. The van der Waals surface area contributed by atoms with Gasteiger partial charge in [-0.25, -0.2) is 4.98 Å². The van der Waals surface area contributed by atoms with Crippen LogP contribution in [0.1, 0.15) is 29.8 Å². The lowest BCUT2D eigenvalue weighted by Gasteiger charge is -2.02. The summed E-state index contributed by atoms with van der Waals surface area (Å²) in [4.78, 5) is 15.9. The number of ether oxygens (including phenoxy) is 1. The predicted octanol–water partition coefficient (Wildman–Crippen LogP) is 3.54. The van der Waals surface area contributed by atoms with Crippen molar-refractivity contribution >= 4 is 5.78 Å². The molecule has 0 saturated carbocycles. The van der Waals surface area contributed by atoms with Crippen LogP contribution < -0.4 is 4.74 Å². The lowest BCUT2D eigenvalue weighted by Crippen LogP contribution is -2.04. The van der Waals surface area contributed by atoms with Crippen molar-refractivity contribution in [1.82, 2.24) is 4.98 Å². The highest BCUT2D eigenvalue weighted by Crippen LogP contribution is 2.10. The zero-order chi connectivity index (χ0) is 14.1. The Bertz CT molecular complexity index is 492. The van der Waals surface area contributed by atoms with Gasteiger partial charge in [-0.15, -0.1) is 0 Å². The number of ketones is 1. The minimum Gasteiger partial charge on any atom is -0.481 e. The van der Waals surface area contributed by atoms with Crippen molar-refractivity contribution in [2.24, 2.45) is 0 Å². The third kappa shape index (κ3) is 4.54. The number of Topliss-reactive ketones (excluding diaryl/α,β-unsaturated/α-hetero) is 1. The van der Waals surface area contributed by atoms with E-state index >= 15 is 0 Å². The Morgan fingerprint density at radius 2 is 1.79 bits per heavy atom. The standard InChI is InChI=1S/C14H13NO2.C2H6/c1-17-14-8-7-12(10-15-14)13(16)9-11-5-3-2-4-6-11;1-2/h2-8,10H,9H2,1H3;1-2H3. The summed E-state index contributed by atoms with van der Waals surface area (Å²) in [5, 5.41) is 0. The van der Waals surface area contributed by atoms with Gasteiger partial charge in [0.15, 0.2) is 5.78 Å². The molecular formula is C16H19NO2. The van der Waals surface area contributed by atoms with E-state index in [4.69, 9.17) is 4.74 Å². The Morgan fingerprint density at radius 1 is 1.11 bits per heavy atom. The third-order valence-corrected chi connectivity index (χ3v) is 2.47.